The van der Waals surface area contributed by atoms with Gasteiger partial charge in [-0.2, -0.15) is 0 Å². The van der Waals surface area contributed by atoms with E-state index < -0.39 is 0 Å². The Balaban J connectivity index is 0.00000192. The van der Waals surface area contributed by atoms with Crippen molar-refractivity contribution in [1.29, 1.82) is 0 Å². The number of anilines is 1. The van der Waals surface area contributed by atoms with E-state index in [1.165, 1.54) is 0 Å². The summed E-state index contributed by atoms with van der Waals surface area (Å²) in [6.45, 7) is 4.61. The van der Waals surface area contributed by atoms with Crippen LogP contribution in [0.15, 0.2) is 30.3 Å². The smallest absolute Gasteiger partial charge is 0.249 e. The number of nitrogens with zero attached hydrogens (tertiary/aromatic N) is 4. The summed E-state index contributed by atoms with van der Waals surface area (Å²) in [5, 5.41) is 16.1. The molecule has 2 aromatic carbocycles. The minimum absolute atomic E-state index is 0. The van der Waals surface area contributed by atoms with Crippen LogP contribution in [0.3, 0.4) is 0 Å². The van der Waals surface area contributed by atoms with Crippen LogP contribution in [-0.2, 0) is 27.6 Å². The Morgan fingerprint density at radius 1 is 1.35 bits per heavy atom. The summed E-state index contributed by atoms with van der Waals surface area (Å²) in [7, 11) is 0. The topological polar surface area (TPSA) is 72.7 Å². The summed E-state index contributed by atoms with van der Waals surface area (Å²) in [5.41, 5.74) is 1.49. The molecule has 0 bridgehead atoms. The molecule has 118 valence electrons. The molecule has 0 fully saturated rings. The van der Waals surface area contributed by atoms with Crippen molar-refractivity contribution < 1.29 is 25.9 Å². The molecule has 3 rings (SSSR count). The average molecular weight is 478 g/mol. The first-order valence-corrected chi connectivity index (χ1v) is 7.18. The molecule has 1 heterocycles. The minimum Gasteiger partial charge on any atom is -0.297 e. The molecule has 1 aromatic heterocycles. The van der Waals surface area contributed by atoms with Gasteiger partial charge in [-0.3, -0.25) is 10.1 Å². The molecule has 0 saturated carbocycles. The first kappa shape index (κ1) is 17.3. The summed E-state index contributed by atoms with van der Waals surface area (Å²) >= 11 is 0. The van der Waals surface area contributed by atoms with Crippen molar-refractivity contribution in [2.24, 2.45) is 0 Å². The summed E-state index contributed by atoms with van der Waals surface area (Å²) < 4.78 is 1.58. The second kappa shape index (κ2) is 7.46. The number of aromatic nitrogens is 4. The van der Waals surface area contributed by atoms with Crippen LogP contribution in [0.1, 0.15) is 29.3 Å². The Labute approximate surface area is 148 Å². The predicted octanol–water partition coefficient (Wildman–Crippen LogP) is 2.59. The first-order chi connectivity index (χ1) is 10.7. The minimum atomic E-state index is -0.230. The Morgan fingerprint density at radius 3 is 2.91 bits per heavy atom. The predicted molar refractivity (Wildman–Crippen MR) is 83.6 cm³/mol. The number of carbonyl (C=O) groups is 1. The van der Waals surface area contributed by atoms with Crippen molar-refractivity contribution in [2.75, 3.05) is 5.32 Å². The van der Waals surface area contributed by atoms with E-state index in [0.29, 0.717) is 18.1 Å². The second-order valence-electron chi connectivity index (χ2n) is 5.05. The van der Waals surface area contributed by atoms with E-state index in [1.807, 2.05) is 38.1 Å². The molecule has 6 nitrogen and oxygen atoms in total. The van der Waals surface area contributed by atoms with Gasteiger partial charge in [-0.1, -0.05) is 31.1 Å². The molecule has 0 unspecified atom stereocenters. The quantitative estimate of drug-likeness (QED) is 0.586. The van der Waals surface area contributed by atoms with Gasteiger partial charge in [0, 0.05) is 27.6 Å². The van der Waals surface area contributed by atoms with Crippen LogP contribution in [0.2, 0.25) is 0 Å². The van der Waals surface area contributed by atoms with Crippen molar-refractivity contribution in [3.8, 4) is 0 Å². The number of fused-ring (bicyclic) bond motifs is 1. The molecule has 1 amide bonds. The maximum Gasteiger partial charge on any atom is 0.249 e. The van der Waals surface area contributed by atoms with Crippen LogP contribution in [-0.4, -0.2) is 26.1 Å². The molecule has 0 aliphatic carbocycles. The molecular formula is C16H16N5OW-. The van der Waals surface area contributed by atoms with E-state index in [-0.39, 0.29) is 27.0 Å². The zero-order valence-electron chi connectivity index (χ0n) is 12.9. The molecular weight excluding hydrogens is 462 g/mol. The number of hydrogen-bond acceptors (Lipinski definition) is 4. The van der Waals surface area contributed by atoms with E-state index in [1.54, 1.807) is 10.7 Å². The fourth-order valence-electron chi connectivity index (χ4n) is 2.40. The third kappa shape index (κ3) is 3.48. The first-order valence-electron chi connectivity index (χ1n) is 7.18. The average Bonchev–Trinajstić information content (AvgIpc) is 2.95. The van der Waals surface area contributed by atoms with Gasteiger partial charge in [0.05, 0.1) is 0 Å². The molecule has 1 N–H and O–H groups in total. The summed E-state index contributed by atoms with van der Waals surface area (Å²) in [6, 6.07) is 12.7. The number of amides is 1. The van der Waals surface area contributed by atoms with Gasteiger partial charge in [0.15, 0.2) is 0 Å². The zero-order valence-corrected chi connectivity index (χ0v) is 15.8. The van der Waals surface area contributed by atoms with Crippen LogP contribution in [0.4, 0.5) is 5.95 Å². The summed E-state index contributed by atoms with van der Waals surface area (Å²) in [4.78, 5) is 12.5. The summed E-state index contributed by atoms with van der Waals surface area (Å²) in [6.07, 6.45) is 0.886. The van der Waals surface area contributed by atoms with E-state index in [2.05, 4.69) is 26.9 Å². The van der Waals surface area contributed by atoms with Gasteiger partial charge in [0.25, 0.3) is 0 Å². The Bertz CT molecular complexity index is 830. The maximum absolute atomic E-state index is 12.5. The molecule has 0 radical (unpaired) electrons. The van der Waals surface area contributed by atoms with Crippen LogP contribution in [0.25, 0.3) is 10.8 Å². The number of carbonyl (C=O) groups excluding carboxylic acids is 1. The SMILES string of the molecule is CCCn1nnnc1NC(=O)c1c[c-]c2ccccc2c1C.[W]. The number of aryl methyl sites for hydroxylation is 2. The van der Waals surface area contributed by atoms with Crippen LogP contribution in [0, 0.1) is 13.0 Å². The van der Waals surface area contributed by atoms with Gasteiger partial charge in [0.2, 0.25) is 11.9 Å². The van der Waals surface area contributed by atoms with Crippen molar-refractivity contribution in [3.05, 3.63) is 47.5 Å². The molecule has 23 heavy (non-hydrogen) atoms. The second-order valence-corrected chi connectivity index (χ2v) is 5.05. The number of hydrogen-bond donors (Lipinski definition) is 1. The van der Waals surface area contributed by atoms with E-state index >= 15 is 0 Å². The number of nitrogens with one attached hydrogen (secondary N) is 1. The molecule has 0 atom stereocenters. The van der Waals surface area contributed by atoms with Gasteiger partial charge in [-0.25, -0.2) is 4.68 Å². The summed E-state index contributed by atoms with van der Waals surface area (Å²) in [5.74, 6) is 0.131. The standard InChI is InChI=1S/C16H16N5O.W/c1-3-10-21-16(18-19-20-21)17-15(22)14-9-8-12-6-4-5-7-13(12)11(14)2;/h4-7,9H,3,10H2,1-2H3,(H,17,18,20,22);/q-1;. The van der Waals surface area contributed by atoms with Gasteiger partial charge >= 0.3 is 0 Å². The third-order valence-electron chi connectivity index (χ3n) is 3.54. The van der Waals surface area contributed by atoms with E-state index in [4.69, 9.17) is 0 Å². The third-order valence-corrected chi connectivity index (χ3v) is 3.54. The Hall–Kier alpha value is -2.07. The Kier molecular flexibility index (Phi) is 5.61. The Morgan fingerprint density at radius 2 is 2.13 bits per heavy atom. The molecule has 0 aliphatic heterocycles. The largest absolute Gasteiger partial charge is 0.297 e. The van der Waals surface area contributed by atoms with Crippen molar-refractivity contribution >= 4 is 22.6 Å². The van der Waals surface area contributed by atoms with Crippen molar-refractivity contribution in [3.63, 3.8) is 0 Å². The van der Waals surface area contributed by atoms with Gasteiger partial charge in [0.1, 0.15) is 0 Å². The molecule has 0 saturated heterocycles. The number of tetrazole rings is 1. The number of rotatable bonds is 4. The van der Waals surface area contributed by atoms with E-state index in [9.17, 15) is 4.79 Å². The van der Waals surface area contributed by atoms with E-state index in [0.717, 1.165) is 22.8 Å². The van der Waals surface area contributed by atoms with Gasteiger partial charge < -0.3 is 0 Å². The number of benzene rings is 2. The fourth-order valence-corrected chi connectivity index (χ4v) is 2.40. The molecule has 7 heteroatoms. The maximum atomic E-state index is 12.5. The van der Waals surface area contributed by atoms with Crippen LogP contribution in [0.5, 0.6) is 0 Å². The molecule has 3 aromatic rings. The van der Waals surface area contributed by atoms with Crippen LogP contribution < -0.4 is 5.32 Å². The zero-order chi connectivity index (χ0) is 15.5. The van der Waals surface area contributed by atoms with Gasteiger partial charge in [-0.15, -0.1) is 40.6 Å². The fraction of sp³-hybridized carbons (Fsp3) is 0.250. The normalized spacial score (nSPS) is 10.3. The van der Waals surface area contributed by atoms with Crippen molar-refractivity contribution in [2.45, 2.75) is 26.8 Å². The molecule has 0 aliphatic rings. The van der Waals surface area contributed by atoms with Crippen molar-refractivity contribution in [1.82, 2.24) is 20.2 Å². The van der Waals surface area contributed by atoms with Gasteiger partial charge in [-0.05, 0) is 22.4 Å². The monoisotopic (exact) mass is 478 g/mol. The molecule has 0 spiro atoms. The van der Waals surface area contributed by atoms with Crippen LogP contribution >= 0.6 is 0 Å².